The molecule has 1 fully saturated rings. The van der Waals surface area contributed by atoms with Crippen molar-refractivity contribution in [3.05, 3.63) is 42.2 Å². The summed E-state index contributed by atoms with van der Waals surface area (Å²) >= 11 is 0. The van der Waals surface area contributed by atoms with E-state index in [1.807, 2.05) is 31.2 Å². The first-order valence-electron chi connectivity index (χ1n) is 8.25. The van der Waals surface area contributed by atoms with Crippen LogP contribution in [0.15, 0.2) is 36.7 Å². The van der Waals surface area contributed by atoms with Gasteiger partial charge in [-0.3, -0.25) is 4.79 Å². The van der Waals surface area contributed by atoms with Crippen molar-refractivity contribution in [1.29, 1.82) is 0 Å². The Balaban J connectivity index is 1.60. The summed E-state index contributed by atoms with van der Waals surface area (Å²) in [5.74, 6) is 0.614. The molecule has 3 rings (SSSR count). The molecule has 0 bridgehead atoms. The molecule has 126 valence electrons. The van der Waals surface area contributed by atoms with Gasteiger partial charge in [0.2, 0.25) is 0 Å². The largest absolute Gasteiger partial charge is 0.481 e. The van der Waals surface area contributed by atoms with E-state index in [1.54, 1.807) is 0 Å². The highest BCUT2D eigenvalue weighted by molar-refractivity contribution is 5.70. The maximum absolute atomic E-state index is 11.0. The molecule has 1 aromatic carbocycles. The third-order valence-electron chi connectivity index (χ3n) is 4.39. The lowest BCUT2D eigenvalue weighted by atomic mass is 9.86. The quantitative estimate of drug-likeness (QED) is 0.778. The van der Waals surface area contributed by atoms with Gasteiger partial charge in [-0.05, 0) is 50.3 Å². The number of carbonyl (C=O) groups is 1. The number of carboxylic acids is 1. The molecule has 1 aliphatic carbocycles. The summed E-state index contributed by atoms with van der Waals surface area (Å²) in [6.45, 7) is 2.05. The molecule has 3 N–H and O–H groups in total. The Bertz CT molecular complexity index is 712. The van der Waals surface area contributed by atoms with Crippen LogP contribution in [0.1, 0.15) is 31.2 Å². The molecule has 0 spiro atoms. The predicted octanol–water partition coefficient (Wildman–Crippen LogP) is 3.58. The first-order valence-corrected chi connectivity index (χ1v) is 8.25. The van der Waals surface area contributed by atoms with Gasteiger partial charge in [-0.1, -0.05) is 12.1 Å². The molecule has 24 heavy (non-hydrogen) atoms. The van der Waals surface area contributed by atoms with Gasteiger partial charge in [-0.15, -0.1) is 0 Å². The summed E-state index contributed by atoms with van der Waals surface area (Å²) in [6.07, 6.45) is 4.66. The molecule has 2 aromatic rings. The number of rotatable bonds is 5. The molecule has 1 saturated carbocycles. The normalized spacial score (nSPS) is 20.4. The zero-order valence-electron chi connectivity index (χ0n) is 13.7. The third-order valence-corrected chi connectivity index (χ3v) is 4.39. The third kappa shape index (κ3) is 4.22. The Labute approximate surface area is 141 Å². The number of benzene rings is 1. The average molecular weight is 326 g/mol. The van der Waals surface area contributed by atoms with Gasteiger partial charge >= 0.3 is 5.97 Å². The molecule has 1 aromatic heterocycles. The Kier molecular flexibility index (Phi) is 4.93. The van der Waals surface area contributed by atoms with Crippen LogP contribution in [0.3, 0.4) is 0 Å². The van der Waals surface area contributed by atoms with Crippen LogP contribution in [0, 0.1) is 12.8 Å². The van der Waals surface area contributed by atoms with Crippen molar-refractivity contribution >= 4 is 23.3 Å². The molecule has 0 atom stereocenters. The summed E-state index contributed by atoms with van der Waals surface area (Å²) in [7, 11) is 0. The number of aryl methyl sites for hydroxylation is 1. The van der Waals surface area contributed by atoms with Gasteiger partial charge in [0.05, 0.1) is 5.92 Å². The summed E-state index contributed by atoms with van der Waals surface area (Å²) in [5.41, 5.74) is 2.17. The van der Waals surface area contributed by atoms with Crippen LogP contribution in [0.2, 0.25) is 0 Å². The number of aliphatic carboxylic acids is 1. The highest BCUT2D eigenvalue weighted by Gasteiger charge is 2.25. The van der Waals surface area contributed by atoms with Crippen molar-refractivity contribution in [2.45, 2.75) is 38.6 Å². The van der Waals surface area contributed by atoms with E-state index in [4.69, 9.17) is 5.11 Å². The topological polar surface area (TPSA) is 87.1 Å². The Morgan fingerprint density at radius 2 is 1.88 bits per heavy atom. The van der Waals surface area contributed by atoms with E-state index in [-0.39, 0.29) is 12.0 Å². The monoisotopic (exact) mass is 326 g/mol. The smallest absolute Gasteiger partial charge is 0.306 e. The molecule has 6 heteroatoms. The molecule has 0 amide bonds. The van der Waals surface area contributed by atoms with Crippen LogP contribution in [-0.2, 0) is 4.79 Å². The molecule has 1 heterocycles. The zero-order valence-corrected chi connectivity index (χ0v) is 13.7. The van der Waals surface area contributed by atoms with Gasteiger partial charge in [0.25, 0.3) is 0 Å². The van der Waals surface area contributed by atoms with Gasteiger partial charge in [0.15, 0.2) is 0 Å². The number of aromatic nitrogens is 2. The number of nitrogens with zero attached hydrogens (tertiary/aromatic N) is 2. The Hall–Kier alpha value is -2.63. The molecule has 1 aliphatic rings. The summed E-state index contributed by atoms with van der Waals surface area (Å²) in [4.78, 5) is 19.5. The van der Waals surface area contributed by atoms with Gasteiger partial charge in [-0.25, -0.2) is 9.97 Å². The minimum absolute atomic E-state index is 0.202. The van der Waals surface area contributed by atoms with Gasteiger partial charge in [0, 0.05) is 17.8 Å². The van der Waals surface area contributed by atoms with Crippen LogP contribution < -0.4 is 10.6 Å². The van der Waals surface area contributed by atoms with E-state index >= 15 is 0 Å². The lowest BCUT2D eigenvalue weighted by molar-refractivity contribution is -0.142. The lowest BCUT2D eigenvalue weighted by Gasteiger charge is -2.27. The second-order valence-electron chi connectivity index (χ2n) is 6.31. The Morgan fingerprint density at radius 3 is 2.58 bits per heavy atom. The average Bonchev–Trinajstić information content (AvgIpc) is 2.56. The second kappa shape index (κ2) is 7.29. The molecule has 0 saturated heterocycles. The van der Waals surface area contributed by atoms with E-state index in [2.05, 4.69) is 26.7 Å². The fourth-order valence-corrected chi connectivity index (χ4v) is 3.07. The molecule has 6 nitrogen and oxygen atoms in total. The van der Waals surface area contributed by atoms with E-state index in [1.165, 1.54) is 11.9 Å². The Morgan fingerprint density at radius 1 is 1.12 bits per heavy atom. The molecule has 0 aliphatic heterocycles. The first kappa shape index (κ1) is 16.2. The summed E-state index contributed by atoms with van der Waals surface area (Å²) in [5, 5.41) is 15.7. The minimum Gasteiger partial charge on any atom is -0.481 e. The van der Waals surface area contributed by atoms with Gasteiger partial charge in [0.1, 0.15) is 18.0 Å². The van der Waals surface area contributed by atoms with Crippen LogP contribution in [0.25, 0.3) is 0 Å². The number of hydrogen-bond donors (Lipinski definition) is 3. The molecular formula is C18H22N4O2. The SMILES string of the molecule is Cc1cccc(Nc2cc(N[C@H]3CC[C@H](C(=O)O)CC3)ncn2)c1. The van der Waals surface area contributed by atoms with Crippen LogP contribution in [-0.4, -0.2) is 27.1 Å². The van der Waals surface area contributed by atoms with E-state index < -0.39 is 5.97 Å². The van der Waals surface area contributed by atoms with E-state index in [0.29, 0.717) is 12.8 Å². The van der Waals surface area contributed by atoms with Crippen LogP contribution >= 0.6 is 0 Å². The highest BCUT2D eigenvalue weighted by atomic mass is 16.4. The van der Waals surface area contributed by atoms with Crippen LogP contribution in [0.4, 0.5) is 17.3 Å². The van der Waals surface area contributed by atoms with E-state index in [0.717, 1.165) is 30.2 Å². The van der Waals surface area contributed by atoms with Crippen molar-refractivity contribution in [3.8, 4) is 0 Å². The summed E-state index contributed by atoms with van der Waals surface area (Å²) in [6, 6.07) is 10.2. The van der Waals surface area contributed by atoms with Crippen LogP contribution in [0.5, 0.6) is 0 Å². The van der Waals surface area contributed by atoms with Crippen molar-refractivity contribution in [1.82, 2.24) is 9.97 Å². The lowest BCUT2D eigenvalue weighted by Crippen LogP contribution is -2.29. The van der Waals surface area contributed by atoms with Crippen molar-refractivity contribution < 1.29 is 9.90 Å². The fourth-order valence-electron chi connectivity index (χ4n) is 3.07. The highest BCUT2D eigenvalue weighted by Crippen LogP contribution is 2.27. The molecular weight excluding hydrogens is 304 g/mol. The zero-order chi connectivity index (χ0) is 16.9. The van der Waals surface area contributed by atoms with Gasteiger partial charge in [-0.2, -0.15) is 0 Å². The number of hydrogen-bond acceptors (Lipinski definition) is 5. The van der Waals surface area contributed by atoms with E-state index in [9.17, 15) is 4.79 Å². The fraction of sp³-hybridized carbons (Fsp3) is 0.389. The maximum Gasteiger partial charge on any atom is 0.306 e. The predicted molar refractivity (Wildman–Crippen MR) is 93.5 cm³/mol. The molecule has 0 radical (unpaired) electrons. The first-order chi connectivity index (χ1) is 11.6. The number of carboxylic acid groups (broad SMARTS) is 1. The summed E-state index contributed by atoms with van der Waals surface area (Å²) < 4.78 is 0. The van der Waals surface area contributed by atoms with Crippen molar-refractivity contribution in [2.24, 2.45) is 5.92 Å². The standard InChI is InChI=1S/C18H22N4O2/c1-12-3-2-4-15(9-12)22-17-10-16(19-11-20-17)21-14-7-5-13(6-8-14)18(23)24/h2-4,9-11,13-14H,5-8H2,1H3,(H,23,24)(H2,19,20,21,22)/t13-,14-. The number of anilines is 3. The van der Waals surface area contributed by atoms with Crippen molar-refractivity contribution in [2.75, 3.05) is 10.6 Å². The maximum atomic E-state index is 11.0. The van der Waals surface area contributed by atoms with Crippen molar-refractivity contribution in [3.63, 3.8) is 0 Å². The van der Waals surface area contributed by atoms with Gasteiger partial charge < -0.3 is 15.7 Å². The molecule has 0 unspecified atom stereocenters. The minimum atomic E-state index is -0.680. The number of nitrogens with one attached hydrogen (secondary N) is 2. The second-order valence-corrected chi connectivity index (χ2v) is 6.31.